The minimum absolute atomic E-state index is 0.362. The molecule has 1 aromatic heterocycles. The number of nitrogens with one attached hydrogen (secondary N) is 1. The van der Waals surface area contributed by atoms with Crippen LogP contribution in [0.2, 0.25) is 0 Å². The number of aliphatic hydroxyl groups is 1. The van der Waals surface area contributed by atoms with Gasteiger partial charge in [-0.3, -0.25) is 4.68 Å². The highest BCUT2D eigenvalue weighted by atomic mass is 16.3. The van der Waals surface area contributed by atoms with Crippen LogP contribution in [-0.4, -0.2) is 28.0 Å². The summed E-state index contributed by atoms with van der Waals surface area (Å²) in [5.41, 5.74) is 1.92. The monoisotopic (exact) mass is 209 g/mol. The fourth-order valence-corrected chi connectivity index (χ4v) is 2.13. The Hall–Kier alpha value is -0.870. The molecule has 4 nitrogen and oxygen atoms in total. The van der Waals surface area contributed by atoms with Gasteiger partial charge in [0, 0.05) is 12.7 Å². The summed E-state index contributed by atoms with van der Waals surface area (Å²) in [5, 5.41) is 17.8. The predicted octanol–water partition coefficient (Wildman–Crippen LogP) is 0.762. The van der Waals surface area contributed by atoms with E-state index in [2.05, 4.69) is 10.4 Å². The second-order valence-corrected chi connectivity index (χ2v) is 4.37. The largest absolute Gasteiger partial charge is 0.386 e. The van der Waals surface area contributed by atoms with E-state index in [1.54, 1.807) is 0 Å². The maximum atomic E-state index is 10.2. The molecule has 1 aromatic rings. The quantitative estimate of drug-likeness (QED) is 0.756. The molecule has 0 radical (unpaired) electrons. The Kier molecular flexibility index (Phi) is 3.07. The molecule has 1 fully saturated rings. The van der Waals surface area contributed by atoms with E-state index in [1.807, 2.05) is 24.7 Å². The number of rotatable bonds is 2. The molecule has 0 spiro atoms. The third-order valence-corrected chi connectivity index (χ3v) is 3.27. The maximum absolute atomic E-state index is 10.2. The van der Waals surface area contributed by atoms with Crippen molar-refractivity contribution in [3.05, 3.63) is 17.5 Å². The van der Waals surface area contributed by atoms with Crippen LogP contribution in [0.15, 0.2) is 6.07 Å². The van der Waals surface area contributed by atoms with E-state index < -0.39 is 6.10 Å². The molecule has 2 N–H and O–H groups in total. The summed E-state index contributed by atoms with van der Waals surface area (Å²) in [7, 11) is 1.91. The molecular weight excluding hydrogens is 190 g/mol. The number of piperidine rings is 1. The minimum Gasteiger partial charge on any atom is -0.386 e. The van der Waals surface area contributed by atoms with E-state index in [1.165, 1.54) is 0 Å². The molecule has 0 amide bonds. The van der Waals surface area contributed by atoms with Crippen molar-refractivity contribution in [2.45, 2.75) is 25.9 Å². The van der Waals surface area contributed by atoms with Gasteiger partial charge in [0.1, 0.15) is 6.10 Å². The Morgan fingerprint density at radius 3 is 2.73 bits per heavy atom. The zero-order valence-electron chi connectivity index (χ0n) is 9.40. The van der Waals surface area contributed by atoms with Crippen LogP contribution in [0, 0.1) is 12.8 Å². The number of aliphatic hydroxyl groups excluding tert-OH is 1. The van der Waals surface area contributed by atoms with Gasteiger partial charge in [0.2, 0.25) is 0 Å². The third kappa shape index (κ3) is 2.21. The van der Waals surface area contributed by atoms with Crippen molar-refractivity contribution in [1.29, 1.82) is 0 Å². The first-order chi connectivity index (χ1) is 7.18. The first kappa shape index (κ1) is 10.6. The highest BCUT2D eigenvalue weighted by molar-refractivity contribution is 5.12. The third-order valence-electron chi connectivity index (χ3n) is 3.27. The highest BCUT2D eigenvalue weighted by Gasteiger charge is 2.24. The van der Waals surface area contributed by atoms with Crippen LogP contribution < -0.4 is 5.32 Å². The van der Waals surface area contributed by atoms with Crippen molar-refractivity contribution in [1.82, 2.24) is 15.1 Å². The fraction of sp³-hybridized carbons (Fsp3) is 0.727. The fourth-order valence-electron chi connectivity index (χ4n) is 2.13. The summed E-state index contributed by atoms with van der Waals surface area (Å²) in [4.78, 5) is 0. The van der Waals surface area contributed by atoms with Gasteiger partial charge in [-0.25, -0.2) is 0 Å². The van der Waals surface area contributed by atoms with E-state index >= 15 is 0 Å². The van der Waals surface area contributed by atoms with Crippen LogP contribution in [0.5, 0.6) is 0 Å². The average molecular weight is 209 g/mol. The van der Waals surface area contributed by atoms with Crippen LogP contribution in [0.25, 0.3) is 0 Å². The number of hydrogen-bond donors (Lipinski definition) is 2. The summed E-state index contributed by atoms with van der Waals surface area (Å²) < 4.78 is 1.82. The highest BCUT2D eigenvalue weighted by Crippen LogP contribution is 2.27. The number of hydrogen-bond acceptors (Lipinski definition) is 3. The molecule has 1 aliphatic rings. The Morgan fingerprint density at radius 2 is 2.20 bits per heavy atom. The molecule has 1 saturated heterocycles. The SMILES string of the molecule is Cc1cc(C(O)C2CCNCC2)nn1C. The summed E-state index contributed by atoms with van der Waals surface area (Å²) in [5.74, 6) is 0.362. The van der Waals surface area contributed by atoms with E-state index in [4.69, 9.17) is 0 Å². The Balaban J connectivity index is 2.08. The van der Waals surface area contributed by atoms with Crippen LogP contribution in [0.4, 0.5) is 0 Å². The lowest BCUT2D eigenvalue weighted by Crippen LogP contribution is -2.31. The van der Waals surface area contributed by atoms with Gasteiger partial charge in [-0.05, 0) is 44.8 Å². The van der Waals surface area contributed by atoms with Crippen molar-refractivity contribution >= 4 is 0 Å². The normalized spacial score (nSPS) is 20.5. The molecule has 15 heavy (non-hydrogen) atoms. The van der Waals surface area contributed by atoms with Gasteiger partial charge < -0.3 is 10.4 Å². The minimum atomic E-state index is -0.396. The van der Waals surface area contributed by atoms with Gasteiger partial charge in [-0.1, -0.05) is 0 Å². The zero-order valence-corrected chi connectivity index (χ0v) is 9.40. The molecule has 4 heteroatoms. The van der Waals surface area contributed by atoms with Crippen LogP contribution in [0.1, 0.15) is 30.3 Å². The molecule has 1 atom stereocenters. The van der Waals surface area contributed by atoms with Crippen molar-refractivity contribution in [3.63, 3.8) is 0 Å². The summed E-state index contributed by atoms with van der Waals surface area (Å²) >= 11 is 0. The molecule has 2 heterocycles. The van der Waals surface area contributed by atoms with Crippen molar-refractivity contribution in [3.8, 4) is 0 Å². The van der Waals surface area contributed by atoms with E-state index in [0.29, 0.717) is 5.92 Å². The Morgan fingerprint density at radius 1 is 1.53 bits per heavy atom. The summed E-state index contributed by atoms with van der Waals surface area (Å²) in [6.45, 7) is 4.02. The molecule has 1 unspecified atom stereocenters. The number of nitrogens with zero attached hydrogens (tertiary/aromatic N) is 2. The topological polar surface area (TPSA) is 50.1 Å². The molecular formula is C11H19N3O. The molecule has 1 aliphatic heterocycles. The van der Waals surface area contributed by atoms with Crippen LogP contribution in [0.3, 0.4) is 0 Å². The van der Waals surface area contributed by atoms with Gasteiger partial charge >= 0.3 is 0 Å². The second-order valence-electron chi connectivity index (χ2n) is 4.37. The Bertz CT molecular complexity index is 309. The average Bonchev–Trinajstić information content (AvgIpc) is 2.59. The van der Waals surface area contributed by atoms with Crippen molar-refractivity contribution in [2.24, 2.45) is 13.0 Å². The van der Waals surface area contributed by atoms with Crippen LogP contribution in [-0.2, 0) is 7.05 Å². The molecule has 0 aliphatic carbocycles. The standard InChI is InChI=1S/C11H19N3O/c1-8-7-10(13-14(8)2)11(15)9-3-5-12-6-4-9/h7,9,11-12,15H,3-6H2,1-2H3. The lowest BCUT2D eigenvalue weighted by molar-refractivity contribution is 0.0846. The molecule has 0 aromatic carbocycles. The smallest absolute Gasteiger partial charge is 0.101 e. The zero-order chi connectivity index (χ0) is 10.8. The maximum Gasteiger partial charge on any atom is 0.101 e. The van der Waals surface area contributed by atoms with Crippen LogP contribution >= 0.6 is 0 Å². The predicted molar refractivity (Wildman–Crippen MR) is 58.5 cm³/mol. The van der Waals surface area contributed by atoms with E-state index in [0.717, 1.165) is 37.3 Å². The van der Waals surface area contributed by atoms with Gasteiger partial charge in [0.15, 0.2) is 0 Å². The van der Waals surface area contributed by atoms with Gasteiger partial charge in [-0.15, -0.1) is 0 Å². The van der Waals surface area contributed by atoms with E-state index in [9.17, 15) is 5.11 Å². The molecule has 84 valence electrons. The lowest BCUT2D eigenvalue weighted by Gasteiger charge is -2.26. The van der Waals surface area contributed by atoms with E-state index in [-0.39, 0.29) is 0 Å². The summed E-state index contributed by atoms with van der Waals surface area (Å²) in [6.07, 6.45) is 1.68. The second kappa shape index (κ2) is 4.33. The van der Waals surface area contributed by atoms with Crippen molar-refractivity contribution in [2.75, 3.05) is 13.1 Å². The van der Waals surface area contributed by atoms with Gasteiger partial charge in [-0.2, -0.15) is 5.10 Å². The summed E-state index contributed by atoms with van der Waals surface area (Å²) in [6, 6.07) is 1.98. The first-order valence-electron chi connectivity index (χ1n) is 5.58. The first-order valence-corrected chi connectivity index (χ1v) is 5.58. The van der Waals surface area contributed by atoms with Gasteiger partial charge in [0.05, 0.1) is 5.69 Å². The van der Waals surface area contributed by atoms with Gasteiger partial charge in [0.25, 0.3) is 0 Å². The molecule has 2 rings (SSSR count). The Labute approximate surface area is 90.3 Å². The number of aromatic nitrogens is 2. The lowest BCUT2D eigenvalue weighted by atomic mass is 9.90. The van der Waals surface area contributed by atoms with Crippen molar-refractivity contribution < 1.29 is 5.11 Å². The number of aryl methyl sites for hydroxylation is 2. The molecule has 0 saturated carbocycles. The molecule has 0 bridgehead atoms.